The lowest BCUT2D eigenvalue weighted by Gasteiger charge is -2.16. The number of fused-ring (bicyclic) bond motifs is 1. The molecule has 0 saturated carbocycles. The first-order valence-corrected chi connectivity index (χ1v) is 7.18. The Balaban J connectivity index is 1.84. The third kappa shape index (κ3) is 2.98. The number of aromatic amines is 1. The van der Waals surface area contributed by atoms with Crippen LogP contribution in [-0.4, -0.2) is 15.1 Å². The highest BCUT2D eigenvalue weighted by molar-refractivity contribution is 5.81. The number of nitrogens with zero attached hydrogens (tertiary/aromatic N) is 1. The average Bonchev–Trinajstić information content (AvgIpc) is 2.78. The molecule has 0 aliphatic carbocycles. The van der Waals surface area contributed by atoms with Crippen molar-refractivity contribution in [1.29, 1.82) is 0 Å². The van der Waals surface area contributed by atoms with Crippen LogP contribution in [0, 0.1) is 6.92 Å². The maximum absolute atomic E-state index is 9.92. The van der Waals surface area contributed by atoms with Gasteiger partial charge in [0.25, 0.3) is 0 Å². The van der Waals surface area contributed by atoms with Crippen LogP contribution in [0.15, 0.2) is 42.6 Å². The maximum Gasteiger partial charge on any atom is 0.101 e. The SMILES string of the molecule is Cc1cc2ccc(Cc3ccc(C(C)(C)O)nc3)cc2[nH]1. The molecule has 21 heavy (non-hydrogen) atoms. The molecule has 3 rings (SSSR count). The second-order valence-corrected chi connectivity index (χ2v) is 6.16. The molecule has 0 bridgehead atoms. The molecule has 0 radical (unpaired) electrons. The Morgan fingerprint density at radius 2 is 1.86 bits per heavy atom. The van der Waals surface area contributed by atoms with Gasteiger partial charge in [-0.3, -0.25) is 4.98 Å². The number of H-pyrrole nitrogens is 1. The number of benzene rings is 1. The van der Waals surface area contributed by atoms with Crippen molar-refractivity contribution in [1.82, 2.24) is 9.97 Å². The highest BCUT2D eigenvalue weighted by Gasteiger charge is 2.16. The minimum absolute atomic E-state index is 0.696. The van der Waals surface area contributed by atoms with Crippen LogP contribution in [0.5, 0.6) is 0 Å². The van der Waals surface area contributed by atoms with Crippen molar-refractivity contribution >= 4 is 10.9 Å². The zero-order chi connectivity index (χ0) is 15.0. The summed E-state index contributed by atoms with van der Waals surface area (Å²) >= 11 is 0. The molecule has 0 amide bonds. The van der Waals surface area contributed by atoms with E-state index in [-0.39, 0.29) is 0 Å². The Labute approximate surface area is 124 Å². The van der Waals surface area contributed by atoms with E-state index in [1.54, 1.807) is 13.8 Å². The van der Waals surface area contributed by atoms with E-state index in [2.05, 4.69) is 41.2 Å². The van der Waals surface area contributed by atoms with Gasteiger partial charge in [-0.15, -0.1) is 0 Å². The molecule has 3 aromatic rings. The molecule has 3 heteroatoms. The van der Waals surface area contributed by atoms with E-state index in [1.807, 2.05) is 18.3 Å². The van der Waals surface area contributed by atoms with Crippen LogP contribution < -0.4 is 0 Å². The quantitative estimate of drug-likeness (QED) is 0.768. The summed E-state index contributed by atoms with van der Waals surface area (Å²) in [5, 5.41) is 11.2. The van der Waals surface area contributed by atoms with E-state index in [0.717, 1.165) is 12.0 Å². The molecule has 0 saturated heterocycles. The molecule has 1 aromatic carbocycles. The van der Waals surface area contributed by atoms with E-state index in [9.17, 15) is 5.11 Å². The van der Waals surface area contributed by atoms with E-state index in [4.69, 9.17) is 0 Å². The summed E-state index contributed by atoms with van der Waals surface area (Å²) in [6.45, 7) is 5.56. The Hall–Kier alpha value is -2.13. The number of aromatic nitrogens is 2. The van der Waals surface area contributed by atoms with Gasteiger partial charge >= 0.3 is 0 Å². The summed E-state index contributed by atoms with van der Waals surface area (Å²) < 4.78 is 0. The Morgan fingerprint density at radius 1 is 1.10 bits per heavy atom. The Bertz CT molecular complexity index is 764. The third-order valence-electron chi connectivity index (χ3n) is 3.68. The van der Waals surface area contributed by atoms with Crippen LogP contribution in [0.2, 0.25) is 0 Å². The second kappa shape index (κ2) is 5.01. The highest BCUT2D eigenvalue weighted by atomic mass is 16.3. The highest BCUT2D eigenvalue weighted by Crippen LogP contribution is 2.20. The molecule has 0 spiro atoms. The molecule has 2 heterocycles. The smallest absolute Gasteiger partial charge is 0.101 e. The van der Waals surface area contributed by atoms with Gasteiger partial charge in [-0.05, 0) is 61.9 Å². The van der Waals surface area contributed by atoms with Crippen LogP contribution >= 0.6 is 0 Å². The fourth-order valence-corrected chi connectivity index (χ4v) is 2.56. The standard InChI is InChI=1S/C18H20N2O/c1-12-8-15-6-4-13(10-16(15)20-12)9-14-5-7-17(19-11-14)18(2,3)21/h4-8,10-11,20-21H,9H2,1-3H3. The van der Waals surface area contributed by atoms with E-state index < -0.39 is 5.60 Å². The molecule has 0 fully saturated rings. The van der Waals surface area contributed by atoms with Gasteiger partial charge in [-0.2, -0.15) is 0 Å². The summed E-state index contributed by atoms with van der Waals surface area (Å²) in [6.07, 6.45) is 2.69. The van der Waals surface area contributed by atoms with E-state index >= 15 is 0 Å². The van der Waals surface area contributed by atoms with Crippen LogP contribution in [0.3, 0.4) is 0 Å². The fraction of sp³-hybridized carbons (Fsp3) is 0.278. The van der Waals surface area contributed by atoms with Crippen molar-refractivity contribution in [3.8, 4) is 0 Å². The van der Waals surface area contributed by atoms with Gasteiger partial charge in [0, 0.05) is 17.4 Å². The first kappa shape index (κ1) is 13.8. The van der Waals surface area contributed by atoms with Gasteiger partial charge in [-0.1, -0.05) is 18.2 Å². The minimum atomic E-state index is -0.890. The summed E-state index contributed by atoms with van der Waals surface area (Å²) in [5.74, 6) is 0. The number of nitrogens with one attached hydrogen (secondary N) is 1. The molecule has 3 nitrogen and oxygen atoms in total. The molecule has 108 valence electrons. The average molecular weight is 280 g/mol. The first-order valence-electron chi connectivity index (χ1n) is 7.18. The predicted molar refractivity (Wildman–Crippen MR) is 85.3 cm³/mol. The molecular weight excluding hydrogens is 260 g/mol. The van der Waals surface area contributed by atoms with Crippen molar-refractivity contribution in [3.63, 3.8) is 0 Å². The summed E-state index contributed by atoms with van der Waals surface area (Å²) in [7, 11) is 0. The normalized spacial score (nSPS) is 12.0. The molecular formula is C18H20N2O. The van der Waals surface area contributed by atoms with Crippen LogP contribution in [0.25, 0.3) is 10.9 Å². The van der Waals surface area contributed by atoms with Gasteiger partial charge in [-0.25, -0.2) is 0 Å². The van der Waals surface area contributed by atoms with Crippen LogP contribution in [0.4, 0.5) is 0 Å². The lowest BCUT2D eigenvalue weighted by Crippen LogP contribution is -2.17. The number of rotatable bonds is 3. The lowest BCUT2D eigenvalue weighted by atomic mass is 10.0. The Kier molecular flexibility index (Phi) is 3.30. The van der Waals surface area contributed by atoms with Gasteiger partial charge in [0.2, 0.25) is 0 Å². The molecule has 2 N–H and O–H groups in total. The van der Waals surface area contributed by atoms with Crippen molar-refractivity contribution in [2.45, 2.75) is 32.8 Å². The van der Waals surface area contributed by atoms with Gasteiger partial charge in [0.15, 0.2) is 0 Å². The molecule has 0 unspecified atom stereocenters. The molecule has 0 aliphatic heterocycles. The van der Waals surface area contributed by atoms with Gasteiger partial charge in [0.05, 0.1) is 5.69 Å². The topological polar surface area (TPSA) is 48.9 Å². The molecule has 0 aliphatic rings. The zero-order valence-electron chi connectivity index (χ0n) is 12.6. The van der Waals surface area contributed by atoms with Crippen LogP contribution in [0.1, 0.15) is 36.4 Å². The van der Waals surface area contributed by atoms with Crippen molar-refractivity contribution in [2.75, 3.05) is 0 Å². The molecule has 2 aromatic heterocycles. The number of aliphatic hydroxyl groups is 1. The predicted octanol–water partition coefficient (Wildman–Crippen LogP) is 3.69. The van der Waals surface area contributed by atoms with Crippen molar-refractivity contribution in [3.05, 3.63) is 65.1 Å². The zero-order valence-corrected chi connectivity index (χ0v) is 12.6. The summed E-state index contributed by atoms with van der Waals surface area (Å²) in [5.41, 5.74) is 4.55. The van der Waals surface area contributed by atoms with Crippen LogP contribution in [-0.2, 0) is 12.0 Å². The minimum Gasteiger partial charge on any atom is -0.384 e. The Morgan fingerprint density at radius 3 is 2.52 bits per heavy atom. The monoisotopic (exact) mass is 280 g/mol. The second-order valence-electron chi connectivity index (χ2n) is 6.16. The summed E-state index contributed by atoms with van der Waals surface area (Å²) in [4.78, 5) is 7.72. The number of hydrogen-bond acceptors (Lipinski definition) is 2. The number of pyridine rings is 1. The van der Waals surface area contributed by atoms with Gasteiger partial charge < -0.3 is 10.1 Å². The number of aryl methyl sites for hydroxylation is 1. The van der Waals surface area contributed by atoms with Gasteiger partial charge in [0.1, 0.15) is 5.60 Å². The summed E-state index contributed by atoms with van der Waals surface area (Å²) in [6, 6.07) is 12.6. The largest absolute Gasteiger partial charge is 0.384 e. The van der Waals surface area contributed by atoms with Crippen molar-refractivity contribution < 1.29 is 5.11 Å². The van der Waals surface area contributed by atoms with Crippen molar-refractivity contribution in [2.24, 2.45) is 0 Å². The number of hydrogen-bond donors (Lipinski definition) is 2. The van der Waals surface area contributed by atoms with E-state index in [1.165, 1.54) is 22.2 Å². The molecule has 0 atom stereocenters. The van der Waals surface area contributed by atoms with E-state index in [0.29, 0.717) is 5.69 Å². The maximum atomic E-state index is 9.92. The fourth-order valence-electron chi connectivity index (χ4n) is 2.56. The first-order chi connectivity index (χ1) is 9.91. The lowest BCUT2D eigenvalue weighted by molar-refractivity contribution is 0.0738. The third-order valence-corrected chi connectivity index (χ3v) is 3.68.